The number of aliphatic hydroxyl groups is 1. The zero-order chi connectivity index (χ0) is 8.81. The van der Waals surface area contributed by atoms with Crippen molar-refractivity contribution in [2.45, 2.75) is 0 Å². The van der Waals surface area contributed by atoms with Crippen LogP contribution in [-0.2, 0) is 14.3 Å². The molecule has 1 rings (SSSR count). The lowest BCUT2D eigenvalue weighted by Gasteiger charge is -2.21. The van der Waals surface area contributed by atoms with Gasteiger partial charge in [-0.15, -0.1) is 0 Å². The third-order valence-corrected chi connectivity index (χ3v) is 1.59. The Morgan fingerprint density at radius 2 is 2.17 bits per heavy atom. The van der Waals surface area contributed by atoms with E-state index in [1.807, 2.05) is 0 Å². The number of hydrogen-bond donors (Lipinski definition) is 2. The molecular weight excluding hydrogens is 162 g/mol. The summed E-state index contributed by atoms with van der Waals surface area (Å²) in [5.41, 5.74) is 0. The Balaban J connectivity index is 2.20. The largest absolute Gasteiger partial charge is 0.395 e. The van der Waals surface area contributed by atoms with Gasteiger partial charge in [0.15, 0.2) is 0 Å². The van der Waals surface area contributed by atoms with E-state index < -0.39 is 0 Å². The zero-order valence-corrected chi connectivity index (χ0v) is 6.78. The fourth-order valence-electron chi connectivity index (χ4n) is 0.963. The van der Waals surface area contributed by atoms with Crippen molar-refractivity contribution in [3.05, 3.63) is 0 Å². The number of hydrogen-bond acceptors (Lipinski definition) is 4. The van der Waals surface area contributed by atoms with Gasteiger partial charge in [-0.05, 0) is 0 Å². The molecule has 0 atom stereocenters. The molecule has 5 nitrogen and oxygen atoms in total. The number of ether oxygens (including phenoxy) is 2. The zero-order valence-electron chi connectivity index (χ0n) is 6.78. The molecule has 2 N–H and O–H groups in total. The highest BCUT2D eigenvalue weighted by molar-refractivity contribution is 5.78. The SMILES string of the molecule is O=C(NCCO)C1COCOC1. The minimum absolute atomic E-state index is 0.0415. The maximum Gasteiger partial charge on any atom is 0.227 e. The standard InChI is InChI=1S/C7H13NO4/c9-2-1-8-7(10)6-3-11-5-12-4-6/h6,9H,1-5H2,(H,8,10). The monoisotopic (exact) mass is 175 g/mol. The molecule has 1 fully saturated rings. The van der Waals surface area contributed by atoms with Gasteiger partial charge in [0.1, 0.15) is 6.79 Å². The molecular formula is C7H13NO4. The molecule has 0 spiro atoms. The molecule has 1 aliphatic heterocycles. The molecule has 0 bridgehead atoms. The number of carbonyl (C=O) groups is 1. The van der Waals surface area contributed by atoms with Crippen molar-refractivity contribution in [3.63, 3.8) is 0 Å². The van der Waals surface area contributed by atoms with Crippen molar-refractivity contribution >= 4 is 5.91 Å². The average molecular weight is 175 g/mol. The summed E-state index contributed by atoms with van der Waals surface area (Å²) in [6.45, 7) is 1.31. The van der Waals surface area contributed by atoms with Crippen molar-refractivity contribution in [2.24, 2.45) is 5.92 Å². The van der Waals surface area contributed by atoms with Crippen LogP contribution in [-0.4, -0.2) is 44.2 Å². The Kier molecular flexibility index (Phi) is 3.99. The van der Waals surface area contributed by atoms with E-state index in [2.05, 4.69) is 5.32 Å². The van der Waals surface area contributed by atoms with Gasteiger partial charge in [-0.2, -0.15) is 0 Å². The normalized spacial score (nSPS) is 19.1. The van der Waals surface area contributed by atoms with E-state index >= 15 is 0 Å². The number of amides is 1. The van der Waals surface area contributed by atoms with Crippen LogP contribution < -0.4 is 5.32 Å². The summed E-state index contributed by atoms with van der Waals surface area (Å²) in [6, 6.07) is 0. The summed E-state index contributed by atoms with van der Waals surface area (Å²) in [5, 5.41) is 11.0. The molecule has 0 unspecified atom stereocenters. The Hall–Kier alpha value is -0.650. The van der Waals surface area contributed by atoms with Gasteiger partial charge in [0, 0.05) is 6.54 Å². The van der Waals surface area contributed by atoms with Gasteiger partial charge in [0.2, 0.25) is 5.91 Å². The second-order valence-corrected chi connectivity index (χ2v) is 2.57. The first kappa shape index (κ1) is 9.44. The second kappa shape index (κ2) is 5.08. The van der Waals surface area contributed by atoms with Gasteiger partial charge >= 0.3 is 0 Å². The molecule has 0 radical (unpaired) electrons. The predicted molar refractivity (Wildman–Crippen MR) is 40.4 cm³/mol. The van der Waals surface area contributed by atoms with Gasteiger partial charge in [-0.3, -0.25) is 4.79 Å². The fourth-order valence-corrected chi connectivity index (χ4v) is 0.963. The van der Waals surface area contributed by atoms with Gasteiger partial charge in [-0.1, -0.05) is 0 Å². The lowest BCUT2D eigenvalue weighted by molar-refractivity contribution is -0.151. The van der Waals surface area contributed by atoms with Gasteiger partial charge in [0.25, 0.3) is 0 Å². The van der Waals surface area contributed by atoms with E-state index in [4.69, 9.17) is 14.6 Å². The Morgan fingerprint density at radius 1 is 1.50 bits per heavy atom. The molecule has 0 aliphatic carbocycles. The van der Waals surface area contributed by atoms with Gasteiger partial charge in [-0.25, -0.2) is 0 Å². The maximum atomic E-state index is 11.2. The van der Waals surface area contributed by atoms with Crippen LogP contribution in [0.2, 0.25) is 0 Å². The van der Waals surface area contributed by atoms with E-state index in [-0.39, 0.29) is 31.8 Å². The first-order chi connectivity index (χ1) is 5.84. The molecule has 0 aromatic carbocycles. The summed E-state index contributed by atoms with van der Waals surface area (Å²) >= 11 is 0. The number of rotatable bonds is 3. The average Bonchev–Trinajstić information content (AvgIpc) is 2.15. The van der Waals surface area contributed by atoms with E-state index in [1.165, 1.54) is 0 Å². The number of nitrogens with one attached hydrogen (secondary N) is 1. The number of aliphatic hydroxyl groups excluding tert-OH is 1. The van der Waals surface area contributed by atoms with E-state index in [0.717, 1.165) is 0 Å². The van der Waals surface area contributed by atoms with Crippen LogP contribution in [0.5, 0.6) is 0 Å². The Bertz CT molecular complexity index is 144. The summed E-state index contributed by atoms with van der Waals surface area (Å²) in [7, 11) is 0. The third kappa shape index (κ3) is 2.77. The molecule has 70 valence electrons. The van der Waals surface area contributed by atoms with Gasteiger partial charge in [0.05, 0.1) is 25.7 Å². The molecule has 1 heterocycles. The van der Waals surface area contributed by atoms with Crippen molar-refractivity contribution in [1.29, 1.82) is 0 Å². The third-order valence-electron chi connectivity index (χ3n) is 1.59. The second-order valence-electron chi connectivity index (χ2n) is 2.57. The van der Waals surface area contributed by atoms with Crippen molar-refractivity contribution in [1.82, 2.24) is 5.32 Å². The lowest BCUT2D eigenvalue weighted by atomic mass is 10.1. The maximum absolute atomic E-state index is 11.2. The quantitative estimate of drug-likeness (QED) is 0.560. The van der Waals surface area contributed by atoms with Crippen LogP contribution in [0.15, 0.2) is 0 Å². The molecule has 0 aromatic rings. The minimum Gasteiger partial charge on any atom is -0.395 e. The predicted octanol–water partition coefficient (Wildman–Crippen LogP) is -1.28. The Labute approximate surface area is 70.7 Å². The van der Waals surface area contributed by atoms with Crippen molar-refractivity contribution in [3.8, 4) is 0 Å². The van der Waals surface area contributed by atoms with Crippen LogP contribution in [0.1, 0.15) is 0 Å². The molecule has 1 amide bonds. The highest BCUT2D eigenvalue weighted by atomic mass is 16.7. The van der Waals surface area contributed by atoms with Crippen molar-refractivity contribution in [2.75, 3.05) is 33.2 Å². The van der Waals surface area contributed by atoms with Crippen LogP contribution >= 0.6 is 0 Å². The molecule has 1 saturated heterocycles. The molecule has 0 saturated carbocycles. The lowest BCUT2D eigenvalue weighted by Crippen LogP contribution is -2.39. The molecule has 0 aromatic heterocycles. The highest BCUT2D eigenvalue weighted by Crippen LogP contribution is 2.04. The van der Waals surface area contributed by atoms with Crippen LogP contribution in [0.4, 0.5) is 0 Å². The van der Waals surface area contributed by atoms with E-state index in [0.29, 0.717) is 13.2 Å². The van der Waals surface area contributed by atoms with E-state index in [9.17, 15) is 4.79 Å². The summed E-state index contributed by atoms with van der Waals surface area (Å²) in [5.74, 6) is -0.353. The van der Waals surface area contributed by atoms with Crippen LogP contribution in [0, 0.1) is 5.92 Å². The minimum atomic E-state index is -0.231. The number of carbonyl (C=O) groups excluding carboxylic acids is 1. The topological polar surface area (TPSA) is 67.8 Å². The first-order valence-corrected chi connectivity index (χ1v) is 3.88. The molecule has 12 heavy (non-hydrogen) atoms. The highest BCUT2D eigenvalue weighted by Gasteiger charge is 2.21. The smallest absolute Gasteiger partial charge is 0.227 e. The molecule has 1 aliphatic rings. The summed E-state index contributed by atoms with van der Waals surface area (Å²) in [4.78, 5) is 11.2. The van der Waals surface area contributed by atoms with Gasteiger partial charge < -0.3 is 19.9 Å². The Morgan fingerprint density at radius 3 is 2.75 bits per heavy atom. The molecule has 5 heteroatoms. The summed E-state index contributed by atoms with van der Waals surface area (Å²) in [6.07, 6.45) is 0. The van der Waals surface area contributed by atoms with Crippen molar-refractivity contribution < 1.29 is 19.4 Å². The first-order valence-electron chi connectivity index (χ1n) is 3.88. The summed E-state index contributed by atoms with van der Waals surface area (Å²) < 4.78 is 9.88. The fraction of sp³-hybridized carbons (Fsp3) is 0.857. The van der Waals surface area contributed by atoms with E-state index in [1.54, 1.807) is 0 Å². The van der Waals surface area contributed by atoms with Crippen LogP contribution in [0.25, 0.3) is 0 Å². The van der Waals surface area contributed by atoms with Crippen LogP contribution in [0.3, 0.4) is 0 Å².